The molecule has 0 fully saturated rings. The van der Waals surface area contributed by atoms with Crippen LogP contribution < -0.4 is 0 Å². The Morgan fingerprint density at radius 2 is 2.07 bits per heavy atom. The van der Waals surface area contributed by atoms with E-state index in [0.29, 0.717) is 41.6 Å². The number of aliphatic hydroxyl groups excluding tert-OH is 1. The van der Waals surface area contributed by atoms with Crippen LogP contribution in [0.3, 0.4) is 0 Å². The fourth-order valence-corrected chi connectivity index (χ4v) is 4.59. The molecule has 0 aliphatic carbocycles. The van der Waals surface area contributed by atoms with Gasteiger partial charge in [0.2, 0.25) is 5.78 Å². The number of hydrogen-bond donors (Lipinski definition) is 1. The Hall–Kier alpha value is -3.20. The Morgan fingerprint density at radius 3 is 2.67 bits per heavy atom. The van der Waals surface area contributed by atoms with Crippen LogP contribution in [0.1, 0.15) is 44.4 Å². The van der Waals surface area contributed by atoms with Crippen LogP contribution in [0, 0.1) is 20.8 Å². The number of furan rings is 1. The van der Waals surface area contributed by atoms with Crippen LogP contribution >= 0.6 is 11.3 Å². The standard InChI is InChI=1S/C21H22N4O4S/c1-12-5-6-15(29-12)17-16(18(26)20-13(2)23-14(3)30-20)19(27)21(28)25(17)9-4-8-24-10-7-22-11-24/h5-7,10-11,17,27H,4,8-9H2,1-3H3. The van der Waals surface area contributed by atoms with Crippen LogP contribution in [0.2, 0.25) is 0 Å². The number of aromatic nitrogens is 3. The SMILES string of the molecule is Cc1ccc(C2C(C(=O)c3sc(C)nc3C)=C(O)C(=O)N2CCCn2ccnc2)o1. The highest BCUT2D eigenvalue weighted by Crippen LogP contribution is 2.40. The molecule has 0 saturated carbocycles. The smallest absolute Gasteiger partial charge is 0.290 e. The van der Waals surface area contributed by atoms with Crippen molar-refractivity contribution in [1.82, 2.24) is 19.4 Å². The number of carbonyl (C=O) groups excluding carboxylic acids is 2. The van der Waals surface area contributed by atoms with Gasteiger partial charge in [0.25, 0.3) is 5.91 Å². The molecule has 1 amide bonds. The highest BCUT2D eigenvalue weighted by Gasteiger charge is 2.45. The average molecular weight is 426 g/mol. The largest absolute Gasteiger partial charge is 0.503 e. The van der Waals surface area contributed by atoms with Crippen LogP contribution in [0.5, 0.6) is 0 Å². The minimum atomic E-state index is -0.775. The van der Waals surface area contributed by atoms with Crippen molar-refractivity contribution >= 4 is 23.0 Å². The van der Waals surface area contributed by atoms with Crippen LogP contribution in [0.25, 0.3) is 0 Å². The molecule has 4 heterocycles. The predicted molar refractivity (Wildman–Crippen MR) is 110 cm³/mol. The lowest BCUT2D eigenvalue weighted by Gasteiger charge is -2.25. The number of Topliss-reactive ketones (excluding diaryl/α,β-unsaturated/α-hetero) is 1. The quantitative estimate of drug-likeness (QED) is 0.580. The molecule has 3 aromatic heterocycles. The number of ketones is 1. The number of amides is 1. The van der Waals surface area contributed by atoms with Gasteiger partial charge in [0.15, 0.2) is 5.76 Å². The number of rotatable bonds is 7. The Balaban J connectivity index is 1.67. The van der Waals surface area contributed by atoms with Crippen molar-refractivity contribution < 1.29 is 19.1 Å². The second-order valence-electron chi connectivity index (χ2n) is 7.24. The summed E-state index contributed by atoms with van der Waals surface area (Å²) in [6, 6.07) is 2.75. The Bertz CT molecular complexity index is 1130. The Kier molecular flexibility index (Phi) is 5.29. The highest BCUT2D eigenvalue weighted by atomic mass is 32.1. The summed E-state index contributed by atoms with van der Waals surface area (Å²) < 4.78 is 7.69. The van der Waals surface area contributed by atoms with Crippen molar-refractivity contribution in [2.45, 2.75) is 39.8 Å². The van der Waals surface area contributed by atoms with Crippen molar-refractivity contribution in [3.05, 3.63) is 69.3 Å². The maximum absolute atomic E-state index is 13.4. The summed E-state index contributed by atoms with van der Waals surface area (Å²) in [4.78, 5) is 36.5. The van der Waals surface area contributed by atoms with Crippen LogP contribution in [0.15, 0.2) is 46.6 Å². The maximum Gasteiger partial charge on any atom is 0.290 e. The molecule has 1 aliphatic rings. The van der Waals surface area contributed by atoms with Crippen molar-refractivity contribution in [1.29, 1.82) is 0 Å². The second kappa shape index (κ2) is 7.91. The number of aryl methyl sites for hydroxylation is 4. The minimum absolute atomic E-state index is 0.0451. The summed E-state index contributed by atoms with van der Waals surface area (Å²) in [7, 11) is 0. The number of hydrogen-bond acceptors (Lipinski definition) is 7. The summed E-state index contributed by atoms with van der Waals surface area (Å²) in [5, 5.41) is 11.4. The molecular formula is C21H22N4O4S. The summed E-state index contributed by atoms with van der Waals surface area (Å²) in [5.41, 5.74) is 0.631. The molecule has 1 atom stereocenters. The normalized spacial score (nSPS) is 16.7. The molecule has 156 valence electrons. The third-order valence-electron chi connectivity index (χ3n) is 5.06. The van der Waals surface area contributed by atoms with Gasteiger partial charge >= 0.3 is 0 Å². The molecule has 3 aromatic rings. The van der Waals surface area contributed by atoms with Gasteiger partial charge in [-0.3, -0.25) is 9.59 Å². The zero-order valence-corrected chi connectivity index (χ0v) is 17.8. The molecule has 0 aromatic carbocycles. The lowest BCUT2D eigenvalue weighted by molar-refractivity contribution is -0.129. The summed E-state index contributed by atoms with van der Waals surface area (Å²) in [6.45, 7) is 6.37. The monoisotopic (exact) mass is 426 g/mol. The molecule has 4 rings (SSSR count). The molecule has 1 unspecified atom stereocenters. The summed E-state index contributed by atoms with van der Waals surface area (Å²) in [6.07, 6.45) is 5.88. The first-order valence-corrected chi connectivity index (χ1v) is 10.4. The van der Waals surface area contributed by atoms with E-state index >= 15 is 0 Å². The highest BCUT2D eigenvalue weighted by molar-refractivity contribution is 7.14. The third-order valence-corrected chi connectivity index (χ3v) is 6.13. The van der Waals surface area contributed by atoms with Gasteiger partial charge in [-0.25, -0.2) is 9.97 Å². The van der Waals surface area contributed by atoms with E-state index < -0.39 is 17.7 Å². The second-order valence-corrected chi connectivity index (χ2v) is 8.45. The number of aliphatic hydroxyl groups is 1. The van der Waals surface area contributed by atoms with Gasteiger partial charge in [-0.05, 0) is 39.3 Å². The number of imidazole rings is 1. The van der Waals surface area contributed by atoms with Gasteiger partial charge in [-0.2, -0.15) is 0 Å². The van der Waals surface area contributed by atoms with E-state index in [2.05, 4.69) is 9.97 Å². The molecular weight excluding hydrogens is 404 g/mol. The van der Waals surface area contributed by atoms with Crippen molar-refractivity contribution in [2.75, 3.05) is 6.54 Å². The molecule has 0 saturated heterocycles. The summed E-state index contributed by atoms with van der Waals surface area (Å²) in [5.74, 6) is -0.359. The van der Waals surface area contributed by atoms with Gasteiger partial charge in [-0.15, -0.1) is 11.3 Å². The number of nitrogens with zero attached hydrogens (tertiary/aromatic N) is 4. The third kappa shape index (κ3) is 3.56. The lowest BCUT2D eigenvalue weighted by Crippen LogP contribution is -2.32. The molecule has 9 heteroatoms. The number of thiazole rings is 1. The van der Waals surface area contributed by atoms with E-state index in [0.717, 1.165) is 5.01 Å². The molecule has 1 N–H and O–H groups in total. The van der Waals surface area contributed by atoms with E-state index in [1.807, 2.05) is 17.7 Å². The topological polar surface area (TPSA) is 101 Å². The molecule has 0 radical (unpaired) electrons. The van der Waals surface area contributed by atoms with Crippen LogP contribution in [-0.4, -0.2) is 42.8 Å². The Labute approximate surface area is 177 Å². The molecule has 1 aliphatic heterocycles. The number of carbonyl (C=O) groups is 2. The molecule has 8 nitrogen and oxygen atoms in total. The van der Waals surface area contributed by atoms with E-state index in [9.17, 15) is 14.7 Å². The minimum Gasteiger partial charge on any atom is -0.503 e. The van der Waals surface area contributed by atoms with Gasteiger partial charge in [0.1, 0.15) is 17.6 Å². The van der Waals surface area contributed by atoms with Gasteiger partial charge in [-0.1, -0.05) is 0 Å². The lowest BCUT2D eigenvalue weighted by atomic mass is 9.99. The predicted octanol–water partition coefficient (Wildman–Crippen LogP) is 3.53. The molecule has 0 bridgehead atoms. The van der Waals surface area contributed by atoms with Gasteiger partial charge in [0.05, 0.1) is 27.5 Å². The fraction of sp³-hybridized carbons (Fsp3) is 0.333. The van der Waals surface area contributed by atoms with Crippen LogP contribution in [0.4, 0.5) is 0 Å². The van der Waals surface area contributed by atoms with E-state index in [1.54, 1.807) is 38.5 Å². The first kappa shape index (κ1) is 20.1. The fourth-order valence-electron chi connectivity index (χ4n) is 3.72. The van der Waals surface area contributed by atoms with E-state index in [4.69, 9.17) is 4.42 Å². The maximum atomic E-state index is 13.4. The average Bonchev–Trinajstić information content (AvgIpc) is 3.47. The van der Waals surface area contributed by atoms with E-state index in [-0.39, 0.29) is 11.4 Å². The first-order chi connectivity index (χ1) is 14.4. The zero-order valence-electron chi connectivity index (χ0n) is 17.0. The molecule has 30 heavy (non-hydrogen) atoms. The van der Waals surface area contributed by atoms with Crippen molar-refractivity contribution in [3.8, 4) is 0 Å². The van der Waals surface area contributed by atoms with Crippen LogP contribution in [-0.2, 0) is 11.3 Å². The summed E-state index contributed by atoms with van der Waals surface area (Å²) >= 11 is 1.26. The van der Waals surface area contributed by atoms with Crippen molar-refractivity contribution in [2.24, 2.45) is 0 Å². The Morgan fingerprint density at radius 1 is 1.27 bits per heavy atom. The molecule has 0 spiro atoms. The van der Waals surface area contributed by atoms with Gasteiger partial charge < -0.3 is 19.0 Å². The van der Waals surface area contributed by atoms with Gasteiger partial charge in [0, 0.05) is 25.5 Å². The van der Waals surface area contributed by atoms with E-state index in [1.165, 1.54) is 16.2 Å². The first-order valence-electron chi connectivity index (χ1n) is 9.61. The van der Waals surface area contributed by atoms with Crippen molar-refractivity contribution in [3.63, 3.8) is 0 Å². The zero-order chi connectivity index (χ0) is 21.4.